The summed E-state index contributed by atoms with van der Waals surface area (Å²) >= 11 is 0. The van der Waals surface area contributed by atoms with Crippen LogP contribution in [0.25, 0.3) is 27.9 Å². The van der Waals surface area contributed by atoms with Crippen LogP contribution < -0.4 is 21.4 Å². The first-order valence-electron chi connectivity index (χ1n) is 26.5. The summed E-state index contributed by atoms with van der Waals surface area (Å²) in [6.07, 6.45) is 1.84. The van der Waals surface area contributed by atoms with Crippen molar-refractivity contribution in [2.24, 2.45) is 0 Å². The zero-order valence-corrected chi connectivity index (χ0v) is 45.3. The van der Waals surface area contributed by atoms with Crippen LogP contribution in [0.2, 0.25) is 0 Å². The smallest absolute Gasteiger partial charge is 0.337 e. The molecule has 3 amide bonds. The zero-order valence-electron chi connectivity index (χ0n) is 45.3. The Morgan fingerprint density at radius 2 is 1.08 bits per heavy atom. The van der Waals surface area contributed by atoms with Crippen LogP contribution in [0.3, 0.4) is 0 Å². The molecule has 77 heavy (non-hydrogen) atoms. The number of carbonyl (C=O) groups excluding carboxylic acids is 4. The number of rotatable bonds is 16. The number of hydrogen-bond acceptors (Lipinski definition) is 13. The molecule has 0 aliphatic carbocycles. The third-order valence-corrected chi connectivity index (χ3v) is 14.2. The van der Waals surface area contributed by atoms with E-state index in [1.54, 1.807) is 41.1 Å². The summed E-state index contributed by atoms with van der Waals surface area (Å²) in [4.78, 5) is 80.7. The standard InChI is InChI=1S/C60H72N10O7/c1-41(44-14-10-8-11-15-44)61-54(71)38-67-30-28-66(37-49-26-27-70(65-49)53-25-23-50-57(74)51-36-48(60(4,5)6)22-24-52(51)77-58(50)64-53)29-31-68(39-55(72)62-42(2)45-16-12-9-13-17-45)33-35-69(34-32-67)40-56(73)63-43(3)46-18-20-47(21-19-46)59(75)76-7/h8-27,36,41-43H,28-35,37-40H2,1-7H3,(H,61,71)(H,62,72)(H,63,73)/t41-,42+,43-/m0/s1. The normalized spacial score (nSPS) is 15.9. The van der Waals surface area contributed by atoms with Crippen molar-refractivity contribution < 1.29 is 28.3 Å². The van der Waals surface area contributed by atoms with Gasteiger partial charge in [-0.2, -0.15) is 10.1 Å². The first-order valence-corrected chi connectivity index (χ1v) is 26.5. The Morgan fingerprint density at radius 1 is 0.597 bits per heavy atom. The third kappa shape index (κ3) is 15.1. The molecule has 0 spiro atoms. The van der Waals surface area contributed by atoms with E-state index in [0.717, 1.165) is 27.9 Å². The second-order valence-electron chi connectivity index (χ2n) is 21.1. The number of carbonyl (C=O) groups is 4. The summed E-state index contributed by atoms with van der Waals surface area (Å²) in [6, 6.07) is 37.1. The summed E-state index contributed by atoms with van der Waals surface area (Å²) in [5.41, 5.74) is 5.51. The molecule has 17 heteroatoms. The van der Waals surface area contributed by atoms with E-state index in [2.05, 4.69) is 56.3 Å². The molecule has 1 saturated heterocycles. The van der Waals surface area contributed by atoms with E-state index in [1.807, 2.05) is 112 Å². The van der Waals surface area contributed by atoms with Crippen molar-refractivity contribution in [3.63, 3.8) is 0 Å². The molecular weight excluding hydrogens is 973 g/mol. The Hall–Kier alpha value is -7.57. The van der Waals surface area contributed by atoms with E-state index in [1.165, 1.54) is 7.11 Å². The molecule has 7 aromatic rings. The van der Waals surface area contributed by atoms with Gasteiger partial charge in [0, 0.05) is 65.1 Å². The fraction of sp³-hybridized carbons (Fsp3) is 0.383. The minimum atomic E-state index is -0.434. The van der Waals surface area contributed by atoms with Crippen molar-refractivity contribution in [3.8, 4) is 5.82 Å². The third-order valence-electron chi connectivity index (χ3n) is 14.2. The van der Waals surface area contributed by atoms with E-state index in [4.69, 9.17) is 19.2 Å². The van der Waals surface area contributed by atoms with Gasteiger partial charge in [0.15, 0.2) is 5.82 Å². The highest BCUT2D eigenvalue weighted by Crippen LogP contribution is 2.27. The lowest BCUT2D eigenvalue weighted by Gasteiger charge is -2.34. The summed E-state index contributed by atoms with van der Waals surface area (Å²) in [5.74, 6) is -0.342. The number of amides is 3. The van der Waals surface area contributed by atoms with Gasteiger partial charge in [-0.1, -0.05) is 99.6 Å². The fourth-order valence-corrected chi connectivity index (χ4v) is 9.56. The van der Waals surface area contributed by atoms with Crippen LogP contribution >= 0.6 is 0 Å². The molecule has 404 valence electrons. The van der Waals surface area contributed by atoms with Crippen molar-refractivity contribution in [2.45, 2.75) is 71.6 Å². The van der Waals surface area contributed by atoms with Gasteiger partial charge in [-0.05, 0) is 90.9 Å². The Bertz CT molecular complexity index is 3120. The second kappa shape index (κ2) is 25.5. The van der Waals surface area contributed by atoms with Gasteiger partial charge in [0.25, 0.3) is 0 Å². The lowest BCUT2D eigenvalue weighted by atomic mass is 9.86. The van der Waals surface area contributed by atoms with Gasteiger partial charge in [-0.15, -0.1) is 0 Å². The molecule has 1 fully saturated rings. The minimum absolute atomic E-state index is 0.0859. The average Bonchev–Trinajstić information content (AvgIpc) is 3.89. The lowest BCUT2D eigenvalue weighted by molar-refractivity contribution is -0.125. The molecule has 3 N–H and O–H groups in total. The molecule has 1 aliphatic heterocycles. The van der Waals surface area contributed by atoms with Gasteiger partial charge in [-0.25, -0.2) is 9.48 Å². The molecule has 0 saturated carbocycles. The minimum Gasteiger partial charge on any atom is -0.465 e. The number of esters is 1. The molecule has 3 aromatic heterocycles. The number of ether oxygens (including phenoxy) is 1. The molecule has 0 unspecified atom stereocenters. The van der Waals surface area contributed by atoms with Crippen LogP contribution in [0, 0.1) is 0 Å². The number of pyridine rings is 1. The number of hydrogen-bond donors (Lipinski definition) is 3. The summed E-state index contributed by atoms with van der Waals surface area (Å²) in [5, 5.41) is 15.4. The maximum Gasteiger partial charge on any atom is 0.337 e. The summed E-state index contributed by atoms with van der Waals surface area (Å²) < 4.78 is 12.8. The maximum atomic E-state index is 13.9. The molecule has 8 rings (SSSR count). The molecule has 4 heterocycles. The van der Waals surface area contributed by atoms with Gasteiger partial charge >= 0.3 is 5.97 Å². The lowest BCUT2D eigenvalue weighted by Crippen LogP contribution is -2.50. The second-order valence-corrected chi connectivity index (χ2v) is 21.1. The molecule has 17 nitrogen and oxygen atoms in total. The van der Waals surface area contributed by atoms with E-state index in [9.17, 15) is 24.0 Å². The van der Waals surface area contributed by atoms with Gasteiger partial charge < -0.3 is 25.1 Å². The molecule has 4 aromatic carbocycles. The van der Waals surface area contributed by atoms with Crippen LogP contribution in [-0.4, -0.2) is 137 Å². The number of aromatic nitrogens is 3. The van der Waals surface area contributed by atoms with Crippen molar-refractivity contribution >= 4 is 45.8 Å². The zero-order chi connectivity index (χ0) is 54.6. The largest absolute Gasteiger partial charge is 0.465 e. The van der Waals surface area contributed by atoms with Crippen molar-refractivity contribution in [2.75, 3.05) is 79.1 Å². The highest BCUT2D eigenvalue weighted by Gasteiger charge is 2.24. The predicted octanol–water partition coefficient (Wildman–Crippen LogP) is 6.96. The molecule has 0 bridgehead atoms. The Balaban J connectivity index is 1.02. The molecular formula is C60H72N10O7. The Kier molecular flexibility index (Phi) is 18.4. The fourth-order valence-electron chi connectivity index (χ4n) is 9.56. The molecule has 3 atom stereocenters. The first-order chi connectivity index (χ1) is 37.0. The van der Waals surface area contributed by atoms with Crippen molar-refractivity contribution in [3.05, 3.63) is 171 Å². The summed E-state index contributed by atoms with van der Waals surface area (Å²) in [7, 11) is 1.34. The van der Waals surface area contributed by atoms with Gasteiger partial charge in [0.1, 0.15) is 5.58 Å². The number of benzene rings is 4. The first kappa shape index (κ1) is 55.7. The molecule has 0 radical (unpaired) electrons. The number of fused-ring (bicyclic) bond motifs is 2. The van der Waals surface area contributed by atoms with Crippen LogP contribution in [0.1, 0.15) is 98.0 Å². The van der Waals surface area contributed by atoms with E-state index >= 15 is 0 Å². The van der Waals surface area contributed by atoms with E-state index in [0.29, 0.717) is 86.6 Å². The quantitative estimate of drug-likeness (QED) is 0.0667. The van der Waals surface area contributed by atoms with E-state index in [-0.39, 0.29) is 72.0 Å². The van der Waals surface area contributed by atoms with Crippen LogP contribution in [0.5, 0.6) is 0 Å². The van der Waals surface area contributed by atoms with Crippen LogP contribution in [0.4, 0.5) is 0 Å². The highest BCUT2D eigenvalue weighted by atomic mass is 16.5. The number of nitrogens with one attached hydrogen (secondary N) is 3. The number of methoxy groups -OCH3 is 1. The predicted molar refractivity (Wildman–Crippen MR) is 299 cm³/mol. The summed E-state index contributed by atoms with van der Waals surface area (Å²) in [6.45, 7) is 17.1. The van der Waals surface area contributed by atoms with Gasteiger partial charge in [0.05, 0.1) is 66.9 Å². The van der Waals surface area contributed by atoms with Gasteiger partial charge in [-0.3, -0.25) is 38.8 Å². The monoisotopic (exact) mass is 1040 g/mol. The van der Waals surface area contributed by atoms with Crippen LogP contribution in [-0.2, 0) is 31.1 Å². The Labute approximate surface area is 450 Å². The van der Waals surface area contributed by atoms with Gasteiger partial charge in [0.2, 0.25) is 28.9 Å². The maximum absolute atomic E-state index is 13.9. The molecule has 1 aliphatic rings. The average molecular weight is 1050 g/mol. The SMILES string of the molecule is COC(=O)c1ccc([C@H](C)NC(=O)CN2CCN(CC(=O)N[C@@H](C)c3ccccc3)CCN(Cc3ccn(-c4ccc5c(=O)c6cc(C(C)(C)C)ccc6oc5n4)n3)CCN(CC(=O)N[C@H](C)c3ccccc3)CC2)cc1. The van der Waals surface area contributed by atoms with Crippen molar-refractivity contribution in [1.29, 1.82) is 0 Å². The number of nitrogens with zero attached hydrogens (tertiary/aromatic N) is 7. The van der Waals surface area contributed by atoms with Crippen molar-refractivity contribution in [1.82, 2.24) is 50.3 Å². The van der Waals surface area contributed by atoms with E-state index < -0.39 is 5.97 Å². The highest BCUT2D eigenvalue weighted by molar-refractivity contribution is 5.90. The topological polar surface area (TPSA) is 187 Å². The Morgan fingerprint density at radius 3 is 1.56 bits per heavy atom. The van der Waals surface area contributed by atoms with Crippen LogP contribution in [0.15, 0.2) is 137 Å².